The fourth-order valence-corrected chi connectivity index (χ4v) is 3.08. The van der Waals surface area contributed by atoms with Gasteiger partial charge in [-0.15, -0.1) is 0 Å². The number of ketones is 1. The minimum atomic E-state index is -4.97. The summed E-state index contributed by atoms with van der Waals surface area (Å²) in [4.78, 5) is 12.8. The molecule has 2 aromatic carbocycles. The highest BCUT2D eigenvalue weighted by Crippen LogP contribution is 2.42. The maximum absolute atomic E-state index is 13.6. The van der Waals surface area contributed by atoms with Crippen LogP contribution in [0.15, 0.2) is 24.3 Å². The van der Waals surface area contributed by atoms with Gasteiger partial charge in [-0.2, -0.15) is 26.3 Å². The van der Waals surface area contributed by atoms with Gasteiger partial charge in [-0.25, -0.2) is 0 Å². The molecule has 2 aromatic rings. The van der Waals surface area contributed by atoms with Gasteiger partial charge in [-0.3, -0.25) is 4.79 Å². The van der Waals surface area contributed by atoms with Crippen molar-refractivity contribution in [2.24, 2.45) is 0 Å². The van der Waals surface area contributed by atoms with Gasteiger partial charge in [-0.05, 0) is 38.1 Å². The molecule has 0 spiro atoms. The van der Waals surface area contributed by atoms with Crippen LogP contribution in [-0.2, 0) is 12.4 Å². The number of hydrogen-bond donors (Lipinski definition) is 0. The highest BCUT2D eigenvalue weighted by atomic mass is 19.4. The molecular formula is C19H16F6O3. The van der Waals surface area contributed by atoms with Crippen LogP contribution < -0.4 is 9.47 Å². The Kier molecular flexibility index (Phi) is 5.68. The molecule has 0 N–H and O–H groups in total. The summed E-state index contributed by atoms with van der Waals surface area (Å²) < 4.78 is 91.2. The Morgan fingerprint density at radius 2 is 1.04 bits per heavy atom. The minimum absolute atomic E-state index is 0.133. The van der Waals surface area contributed by atoms with Crippen LogP contribution in [0, 0.1) is 13.8 Å². The first-order valence-electron chi connectivity index (χ1n) is 7.88. The van der Waals surface area contributed by atoms with Gasteiger partial charge in [0.2, 0.25) is 0 Å². The summed E-state index contributed by atoms with van der Waals surface area (Å²) in [5.74, 6) is -1.66. The average molecular weight is 406 g/mol. The summed E-state index contributed by atoms with van der Waals surface area (Å²) in [7, 11) is 2.30. The van der Waals surface area contributed by atoms with Crippen LogP contribution >= 0.6 is 0 Å². The lowest BCUT2D eigenvalue weighted by Crippen LogP contribution is -2.20. The van der Waals surface area contributed by atoms with E-state index in [2.05, 4.69) is 0 Å². The molecule has 0 fully saturated rings. The third kappa shape index (κ3) is 3.79. The Bertz CT molecular complexity index is 840. The van der Waals surface area contributed by atoms with Gasteiger partial charge in [-0.1, -0.05) is 0 Å². The molecule has 0 unspecified atom stereocenters. The lowest BCUT2D eigenvalue weighted by Gasteiger charge is -2.20. The molecule has 0 aliphatic carbocycles. The third-order valence-corrected chi connectivity index (χ3v) is 4.33. The van der Waals surface area contributed by atoms with Gasteiger partial charge >= 0.3 is 12.4 Å². The number of methoxy groups -OCH3 is 2. The van der Waals surface area contributed by atoms with Crippen molar-refractivity contribution in [2.45, 2.75) is 26.2 Å². The molecule has 0 saturated heterocycles. The molecule has 0 aliphatic heterocycles. The maximum atomic E-state index is 13.6. The molecule has 0 aliphatic rings. The molecule has 0 heterocycles. The van der Waals surface area contributed by atoms with Crippen molar-refractivity contribution < 1.29 is 40.6 Å². The van der Waals surface area contributed by atoms with Crippen molar-refractivity contribution in [1.82, 2.24) is 0 Å². The summed E-state index contributed by atoms with van der Waals surface area (Å²) in [6.45, 7) is 2.17. The standard InChI is InChI=1S/C19H16F6O3/c1-9-13(27-3)7-5-11(15(9)18(20,21)22)17(26)12-6-8-14(28-4)10(2)16(12)19(23,24)25/h5-8H,1-4H3. The lowest BCUT2D eigenvalue weighted by atomic mass is 9.90. The second kappa shape index (κ2) is 7.37. The van der Waals surface area contributed by atoms with Gasteiger partial charge in [0, 0.05) is 22.3 Å². The summed E-state index contributed by atoms with van der Waals surface area (Å²) >= 11 is 0. The van der Waals surface area contributed by atoms with E-state index >= 15 is 0 Å². The van der Waals surface area contributed by atoms with Gasteiger partial charge in [0.15, 0.2) is 5.78 Å². The topological polar surface area (TPSA) is 35.5 Å². The van der Waals surface area contributed by atoms with Crippen LogP contribution in [0.1, 0.15) is 38.2 Å². The van der Waals surface area contributed by atoms with Crippen molar-refractivity contribution in [3.63, 3.8) is 0 Å². The molecule has 2 rings (SSSR count). The zero-order valence-corrected chi connectivity index (χ0v) is 15.3. The van der Waals surface area contributed by atoms with E-state index in [-0.39, 0.29) is 22.6 Å². The second-order valence-corrected chi connectivity index (χ2v) is 5.96. The summed E-state index contributed by atoms with van der Waals surface area (Å²) in [6.07, 6.45) is -9.94. The Morgan fingerprint density at radius 3 is 1.29 bits per heavy atom. The Balaban J connectivity index is 2.82. The van der Waals surface area contributed by atoms with E-state index in [1.807, 2.05) is 0 Å². The number of rotatable bonds is 4. The van der Waals surface area contributed by atoms with E-state index in [4.69, 9.17) is 9.47 Å². The molecule has 3 nitrogen and oxygen atoms in total. The molecule has 9 heteroatoms. The van der Waals surface area contributed by atoms with Gasteiger partial charge in [0.05, 0.1) is 25.3 Å². The third-order valence-electron chi connectivity index (χ3n) is 4.33. The van der Waals surface area contributed by atoms with Crippen molar-refractivity contribution in [1.29, 1.82) is 0 Å². The smallest absolute Gasteiger partial charge is 0.417 e. The van der Waals surface area contributed by atoms with E-state index in [0.29, 0.717) is 0 Å². The zero-order valence-electron chi connectivity index (χ0n) is 15.3. The number of alkyl halides is 6. The number of ether oxygens (including phenoxy) is 2. The molecule has 0 aromatic heterocycles. The zero-order chi connectivity index (χ0) is 21.4. The van der Waals surface area contributed by atoms with E-state index in [9.17, 15) is 31.1 Å². The normalized spacial score (nSPS) is 12.1. The molecule has 0 amide bonds. The van der Waals surface area contributed by atoms with Crippen LogP contribution in [0.4, 0.5) is 26.3 Å². The predicted octanol–water partition coefficient (Wildman–Crippen LogP) is 5.59. The van der Waals surface area contributed by atoms with Crippen molar-refractivity contribution in [3.05, 3.63) is 57.6 Å². The highest BCUT2D eigenvalue weighted by Gasteiger charge is 2.42. The van der Waals surface area contributed by atoms with Crippen LogP contribution in [0.2, 0.25) is 0 Å². The average Bonchev–Trinajstić information content (AvgIpc) is 2.58. The summed E-state index contributed by atoms with van der Waals surface area (Å²) in [5, 5.41) is 0. The number of carbonyl (C=O) groups is 1. The van der Waals surface area contributed by atoms with Crippen LogP contribution in [0.5, 0.6) is 11.5 Å². The largest absolute Gasteiger partial charge is 0.496 e. The van der Waals surface area contributed by atoms with Crippen molar-refractivity contribution >= 4 is 5.78 Å². The van der Waals surface area contributed by atoms with Crippen LogP contribution in [0.25, 0.3) is 0 Å². The molecule has 0 saturated carbocycles. The number of carbonyl (C=O) groups excluding carboxylic acids is 1. The van der Waals surface area contributed by atoms with Crippen molar-refractivity contribution in [3.8, 4) is 11.5 Å². The van der Waals surface area contributed by atoms with E-state index in [1.54, 1.807) is 0 Å². The molecule has 0 radical (unpaired) electrons. The first-order valence-corrected chi connectivity index (χ1v) is 7.88. The second-order valence-electron chi connectivity index (χ2n) is 5.96. The molecule has 0 atom stereocenters. The van der Waals surface area contributed by atoms with E-state index in [1.165, 1.54) is 0 Å². The lowest BCUT2D eigenvalue weighted by molar-refractivity contribution is -0.138. The Hall–Kier alpha value is -2.71. The SMILES string of the molecule is COc1ccc(C(=O)c2ccc(OC)c(C)c2C(F)(F)F)c(C(F)(F)F)c1C. The number of benzene rings is 2. The maximum Gasteiger partial charge on any atom is 0.417 e. The van der Waals surface area contributed by atoms with Crippen LogP contribution in [0.3, 0.4) is 0 Å². The summed E-state index contributed by atoms with van der Waals surface area (Å²) in [5.41, 5.74) is -5.22. The number of hydrogen-bond acceptors (Lipinski definition) is 3. The fourth-order valence-electron chi connectivity index (χ4n) is 3.08. The van der Waals surface area contributed by atoms with Gasteiger partial charge < -0.3 is 9.47 Å². The van der Waals surface area contributed by atoms with Gasteiger partial charge in [0.1, 0.15) is 11.5 Å². The minimum Gasteiger partial charge on any atom is -0.496 e. The van der Waals surface area contributed by atoms with Crippen molar-refractivity contribution in [2.75, 3.05) is 14.2 Å². The molecule has 0 bridgehead atoms. The first kappa shape index (κ1) is 21.6. The Morgan fingerprint density at radius 1 is 0.714 bits per heavy atom. The fraction of sp³-hybridized carbons (Fsp3) is 0.316. The van der Waals surface area contributed by atoms with E-state index in [0.717, 1.165) is 52.3 Å². The predicted molar refractivity (Wildman–Crippen MR) is 88.9 cm³/mol. The Labute approximate surface area is 156 Å². The monoisotopic (exact) mass is 406 g/mol. The first-order chi connectivity index (χ1) is 12.8. The molecule has 152 valence electrons. The molecule has 28 heavy (non-hydrogen) atoms. The van der Waals surface area contributed by atoms with Crippen LogP contribution in [-0.4, -0.2) is 20.0 Å². The quantitative estimate of drug-likeness (QED) is 0.491. The molecular weight excluding hydrogens is 390 g/mol. The highest BCUT2D eigenvalue weighted by molar-refractivity contribution is 6.11. The van der Waals surface area contributed by atoms with Gasteiger partial charge in [0.25, 0.3) is 0 Å². The number of halogens is 6. The summed E-state index contributed by atoms with van der Waals surface area (Å²) in [6, 6.07) is 3.86. The van der Waals surface area contributed by atoms with E-state index < -0.39 is 40.4 Å².